The third kappa shape index (κ3) is 5.48. The normalized spacial score (nSPS) is 14.9. The Morgan fingerprint density at radius 1 is 1.12 bits per heavy atom. The fourth-order valence-electron chi connectivity index (χ4n) is 3.70. The Hall–Kier alpha value is -3.16. The van der Waals surface area contributed by atoms with E-state index in [1.165, 1.54) is 23.8 Å². The third-order valence-corrected chi connectivity index (χ3v) is 6.76. The Morgan fingerprint density at radius 3 is 2.62 bits per heavy atom. The molecule has 0 saturated carbocycles. The molecule has 6 nitrogen and oxygen atoms in total. The molecule has 172 valence electrons. The fraction of sp³-hybridized carbons (Fsp3) is 0.231. The zero-order valence-electron chi connectivity index (χ0n) is 18.8. The lowest BCUT2D eigenvalue weighted by Crippen LogP contribution is -2.37. The van der Waals surface area contributed by atoms with Gasteiger partial charge in [-0.05, 0) is 66.6 Å². The molecule has 0 spiro atoms. The Kier molecular flexibility index (Phi) is 6.65. The Balaban J connectivity index is 1.30. The van der Waals surface area contributed by atoms with Crippen LogP contribution in [0.2, 0.25) is 5.02 Å². The number of rotatable bonds is 7. The molecule has 34 heavy (non-hydrogen) atoms. The number of nitrogens with zero attached hydrogens (tertiary/aromatic N) is 4. The topological polar surface area (TPSA) is 70.5 Å². The minimum atomic E-state index is 0.0447. The molecule has 5 rings (SSSR count). The SMILES string of the molecule is CC1=CC(Nc2cc(N3CCC3)nc(Sc3ccc(CC(=O)c4cccc(Cl)c4)cc3)n2)=NC1. The lowest BCUT2D eigenvalue weighted by molar-refractivity contribution is 0.0993. The van der Waals surface area contributed by atoms with Crippen LogP contribution in [0.5, 0.6) is 0 Å². The molecule has 0 radical (unpaired) electrons. The molecular weight excluding hydrogens is 466 g/mol. The number of hydrogen-bond acceptors (Lipinski definition) is 7. The standard InChI is InChI=1S/C26H24ClN5OS/c1-17-12-23(28-16-17)29-24-15-25(32-10-3-11-32)31-26(30-24)34-21-8-6-18(7-9-21)13-22(33)19-4-2-5-20(27)14-19/h2,4-9,12,14-15H,3,10-11,13,16H2,1H3,(H,28,29,30,31). The van der Waals surface area contributed by atoms with Crippen molar-refractivity contribution in [2.75, 3.05) is 29.9 Å². The number of Topliss-reactive ketones (excluding diaryl/α,β-unsaturated/α-hetero) is 1. The summed E-state index contributed by atoms with van der Waals surface area (Å²) in [6.07, 6.45) is 3.55. The van der Waals surface area contributed by atoms with Gasteiger partial charge in [-0.3, -0.25) is 9.79 Å². The van der Waals surface area contributed by atoms with E-state index in [9.17, 15) is 4.79 Å². The second kappa shape index (κ2) is 9.99. The maximum atomic E-state index is 12.6. The van der Waals surface area contributed by atoms with Gasteiger partial charge in [0.05, 0.1) is 6.54 Å². The zero-order chi connectivity index (χ0) is 23.5. The number of carbonyl (C=O) groups excluding carboxylic acids is 1. The summed E-state index contributed by atoms with van der Waals surface area (Å²) >= 11 is 7.52. The summed E-state index contributed by atoms with van der Waals surface area (Å²) in [6.45, 7) is 4.81. The molecule has 3 heterocycles. The summed E-state index contributed by atoms with van der Waals surface area (Å²) in [5.74, 6) is 2.54. The lowest BCUT2D eigenvalue weighted by Gasteiger charge is -2.32. The summed E-state index contributed by atoms with van der Waals surface area (Å²) < 4.78 is 0. The van der Waals surface area contributed by atoms with Gasteiger partial charge in [0, 0.05) is 41.1 Å². The van der Waals surface area contributed by atoms with Crippen molar-refractivity contribution in [3.05, 3.63) is 82.4 Å². The molecule has 0 unspecified atom stereocenters. The molecule has 1 N–H and O–H groups in total. The second-order valence-electron chi connectivity index (χ2n) is 8.41. The highest BCUT2D eigenvalue weighted by molar-refractivity contribution is 7.99. The molecule has 0 amide bonds. The molecule has 1 aromatic heterocycles. The number of ketones is 1. The van der Waals surface area contributed by atoms with E-state index in [1.807, 2.05) is 36.4 Å². The Morgan fingerprint density at radius 2 is 1.94 bits per heavy atom. The molecule has 1 saturated heterocycles. The van der Waals surface area contributed by atoms with E-state index in [1.54, 1.807) is 24.3 Å². The van der Waals surface area contributed by atoms with E-state index in [0.29, 0.717) is 22.2 Å². The molecule has 0 atom stereocenters. The van der Waals surface area contributed by atoms with Gasteiger partial charge in [0.1, 0.15) is 17.5 Å². The number of aliphatic imine (C=N–C) groups is 1. The number of nitrogens with one attached hydrogen (secondary N) is 1. The van der Waals surface area contributed by atoms with Gasteiger partial charge in [-0.2, -0.15) is 0 Å². The first-order chi connectivity index (χ1) is 16.5. The molecule has 2 aliphatic heterocycles. The second-order valence-corrected chi connectivity index (χ2v) is 9.89. The number of aromatic nitrogens is 2. The lowest BCUT2D eigenvalue weighted by atomic mass is 10.0. The average molecular weight is 490 g/mol. The van der Waals surface area contributed by atoms with Gasteiger partial charge in [-0.1, -0.05) is 35.9 Å². The number of hydrogen-bond donors (Lipinski definition) is 1. The van der Waals surface area contributed by atoms with Crippen LogP contribution in [0.4, 0.5) is 11.6 Å². The van der Waals surface area contributed by atoms with Crippen LogP contribution in [0.3, 0.4) is 0 Å². The van der Waals surface area contributed by atoms with Crippen LogP contribution in [0, 0.1) is 0 Å². The largest absolute Gasteiger partial charge is 0.356 e. The van der Waals surface area contributed by atoms with Crippen LogP contribution < -0.4 is 10.2 Å². The highest BCUT2D eigenvalue weighted by Crippen LogP contribution is 2.30. The molecule has 8 heteroatoms. The molecule has 3 aromatic rings. The predicted octanol–water partition coefficient (Wildman–Crippen LogP) is 5.69. The molecular formula is C26H24ClN5OS. The van der Waals surface area contributed by atoms with E-state index >= 15 is 0 Å². The Labute approximate surface area is 208 Å². The van der Waals surface area contributed by atoms with Crippen molar-refractivity contribution in [1.29, 1.82) is 0 Å². The van der Waals surface area contributed by atoms with E-state index in [2.05, 4.69) is 22.1 Å². The van der Waals surface area contributed by atoms with Crippen LogP contribution in [0.1, 0.15) is 29.3 Å². The van der Waals surface area contributed by atoms with Crippen molar-refractivity contribution in [2.45, 2.75) is 29.8 Å². The monoisotopic (exact) mass is 489 g/mol. The summed E-state index contributed by atoms with van der Waals surface area (Å²) in [6, 6.07) is 17.0. The number of halogens is 1. The first-order valence-corrected chi connectivity index (χ1v) is 12.4. The quantitative estimate of drug-likeness (QED) is 0.339. The van der Waals surface area contributed by atoms with Crippen LogP contribution in [-0.4, -0.2) is 41.2 Å². The van der Waals surface area contributed by atoms with Crippen molar-refractivity contribution in [1.82, 2.24) is 9.97 Å². The summed E-state index contributed by atoms with van der Waals surface area (Å²) in [7, 11) is 0. The highest BCUT2D eigenvalue weighted by atomic mass is 35.5. The van der Waals surface area contributed by atoms with Gasteiger partial charge < -0.3 is 10.2 Å². The van der Waals surface area contributed by atoms with Crippen LogP contribution >= 0.6 is 23.4 Å². The number of amidine groups is 1. The summed E-state index contributed by atoms with van der Waals surface area (Å²) in [4.78, 5) is 29.8. The smallest absolute Gasteiger partial charge is 0.196 e. The predicted molar refractivity (Wildman–Crippen MR) is 139 cm³/mol. The Bertz CT molecular complexity index is 1280. The molecule has 2 aromatic carbocycles. The minimum Gasteiger partial charge on any atom is -0.356 e. The first kappa shape index (κ1) is 22.6. The maximum absolute atomic E-state index is 12.6. The van der Waals surface area contributed by atoms with Crippen molar-refractivity contribution >= 4 is 46.6 Å². The van der Waals surface area contributed by atoms with Gasteiger partial charge in [-0.15, -0.1) is 0 Å². The molecule has 1 fully saturated rings. The fourth-order valence-corrected chi connectivity index (χ4v) is 4.66. The van der Waals surface area contributed by atoms with Gasteiger partial charge in [0.15, 0.2) is 10.9 Å². The van der Waals surface area contributed by atoms with Gasteiger partial charge >= 0.3 is 0 Å². The molecule has 0 bridgehead atoms. The maximum Gasteiger partial charge on any atom is 0.196 e. The van der Waals surface area contributed by atoms with Gasteiger partial charge in [0.2, 0.25) is 0 Å². The van der Waals surface area contributed by atoms with Crippen LogP contribution in [-0.2, 0) is 6.42 Å². The van der Waals surface area contributed by atoms with Crippen molar-refractivity contribution in [3.8, 4) is 0 Å². The van der Waals surface area contributed by atoms with E-state index in [-0.39, 0.29) is 5.78 Å². The van der Waals surface area contributed by atoms with Crippen molar-refractivity contribution in [3.63, 3.8) is 0 Å². The van der Waals surface area contributed by atoms with E-state index in [4.69, 9.17) is 21.6 Å². The van der Waals surface area contributed by atoms with Gasteiger partial charge in [0.25, 0.3) is 0 Å². The summed E-state index contributed by atoms with van der Waals surface area (Å²) in [5, 5.41) is 4.57. The molecule has 0 aliphatic carbocycles. The zero-order valence-corrected chi connectivity index (χ0v) is 20.4. The number of anilines is 2. The van der Waals surface area contributed by atoms with Gasteiger partial charge in [-0.25, -0.2) is 9.97 Å². The van der Waals surface area contributed by atoms with Crippen molar-refractivity contribution in [2.24, 2.45) is 4.99 Å². The highest BCUT2D eigenvalue weighted by Gasteiger charge is 2.19. The van der Waals surface area contributed by atoms with E-state index < -0.39 is 0 Å². The van der Waals surface area contributed by atoms with Crippen LogP contribution in [0.15, 0.2) is 81.3 Å². The number of carbonyl (C=O) groups is 1. The first-order valence-electron chi connectivity index (χ1n) is 11.2. The number of benzene rings is 2. The third-order valence-electron chi connectivity index (χ3n) is 5.65. The van der Waals surface area contributed by atoms with E-state index in [0.717, 1.165) is 47.6 Å². The summed E-state index contributed by atoms with van der Waals surface area (Å²) in [5.41, 5.74) is 2.80. The minimum absolute atomic E-state index is 0.0447. The van der Waals surface area contributed by atoms with Crippen LogP contribution in [0.25, 0.3) is 0 Å². The molecule has 2 aliphatic rings. The van der Waals surface area contributed by atoms with Crippen molar-refractivity contribution < 1.29 is 4.79 Å². The average Bonchev–Trinajstić information content (AvgIpc) is 3.18.